The van der Waals surface area contributed by atoms with Crippen LogP contribution in [0.2, 0.25) is 0 Å². The molecule has 0 aliphatic carbocycles. The number of carbonyl (C=O) groups is 4. The molecule has 18 heavy (non-hydrogen) atoms. The highest BCUT2D eigenvalue weighted by Crippen LogP contribution is 2.09. The van der Waals surface area contributed by atoms with Gasteiger partial charge in [0.15, 0.2) is 18.3 Å². The number of ether oxygens (including phenoxy) is 1. The van der Waals surface area contributed by atoms with Crippen molar-refractivity contribution in [3.05, 3.63) is 0 Å². The van der Waals surface area contributed by atoms with Gasteiger partial charge in [0.25, 0.3) is 0 Å². The van der Waals surface area contributed by atoms with Gasteiger partial charge in [0.05, 0.1) is 6.42 Å². The molecule has 0 aromatic rings. The van der Waals surface area contributed by atoms with E-state index in [1.807, 2.05) is 0 Å². The third-order valence-corrected chi connectivity index (χ3v) is 1.73. The summed E-state index contributed by atoms with van der Waals surface area (Å²) in [6.07, 6.45) is -8.07. The zero-order chi connectivity index (χ0) is 14.5. The molecule has 10 heteroatoms. The van der Waals surface area contributed by atoms with Gasteiger partial charge in [0.2, 0.25) is 0 Å². The summed E-state index contributed by atoms with van der Waals surface area (Å²) in [4.78, 5) is 41.8. The summed E-state index contributed by atoms with van der Waals surface area (Å²) in [5, 5.41) is 42.8. The van der Waals surface area contributed by atoms with Crippen LogP contribution >= 0.6 is 0 Å². The molecule has 0 amide bonds. The fourth-order valence-corrected chi connectivity index (χ4v) is 0.926. The molecule has 0 heterocycles. The van der Waals surface area contributed by atoms with E-state index in [9.17, 15) is 19.2 Å². The van der Waals surface area contributed by atoms with Crippen LogP contribution in [0.4, 0.5) is 0 Å². The Labute approximate surface area is 99.0 Å². The number of rotatable bonds is 8. The highest BCUT2D eigenvalue weighted by molar-refractivity contribution is 5.84. The van der Waals surface area contributed by atoms with E-state index in [1.165, 1.54) is 0 Å². The Morgan fingerprint density at radius 1 is 0.889 bits per heavy atom. The van der Waals surface area contributed by atoms with Gasteiger partial charge in [-0.25, -0.2) is 14.4 Å². The lowest BCUT2D eigenvalue weighted by Crippen LogP contribution is -2.45. The molecule has 5 N–H and O–H groups in total. The minimum absolute atomic E-state index is 1.08. The van der Waals surface area contributed by atoms with E-state index in [2.05, 4.69) is 4.74 Å². The summed E-state index contributed by atoms with van der Waals surface area (Å²) in [5.74, 6) is -7.25. The molecule has 0 fully saturated rings. The highest BCUT2D eigenvalue weighted by atomic mass is 16.6. The Morgan fingerprint density at radius 2 is 1.39 bits per heavy atom. The van der Waals surface area contributed by atoms with E-state index in [1.54, 1.807) is 0 Å². The van der Waals surface area contributed by atoms with Crippen molar-refractivity contribution in [2.45, 2.75) is 24.7 Å². The van der Waals surface area contributed by atoms with Crippen molar-refractivity contribution in [2.24, 2.45) is 0 Å². The first-order valence-electron chi connectivity index (χ1n) is 4.40. The molecule has 0 rings (SSSR count). The maximum absolute atomic E-state index is 10.6. The lowest BCUT2D eigenvalue weighted by molar-refractivity contribution is -0.184. The summed E-state index contributed by atoms with van der Waals surface area (Å²) in [6, 6.07) is 0. The second-order valence-corrected chi connectivity index (χ2v) is 3.10. The van der Waals surface area contributed by atoms with Crippen LogP contribution in [0.15, 0.2) is 0 Å². The van der Waals surface area contributed by atoms with Gasteiger partial charge in [0.1, 0.15) is 0 Å². The fourth-order valence-electron chi connectivity index (χ4n) is 0.926. The first kappa shape index (κ1) is 15.8. The second-order valence-electron chi connectivity index (χ2n) is 3.10. The Morgan fingerprint density at radius 3 is 1.67 bits per heavy atom. The smallest absolute Gasteiger partial charge is 0.336 e. The monoisotopic (exact) mass is 266 g/mol. The van der Waals surface area contributed by atoms with Crippen LogP contribution < -0.4 is 0 Å². The number of carboxylic acid groups (broad SMARTS) is 4. The topological polar surface area (TPSA) is 179 Å². The maximum atomic E-state index is 10.6. The number of hydrogen-bond donors (Lipinski definition) is 5. The molecule has 0 saturated heterocycles. The zero-order valence-corrected chi connectivity index (χ0v) is 8.72. The molecule has 0 aliphatic rings. The first-order chi connectivity index (χ1) is 8.16. The van der Waals surface area contributed by atoms with Gasteiger partial charge < -0.3 is 30.3 Å². The Balaban J connectivity index is 4.93. The van der Waals surface area contributed by atoms with E-state index in [0.29, 0.717) is 0 Å². The lowest BCUT2D eigenvalue weighted by Gasteiger charge is -2.20. The minimum atomic E-state index is -2.52. The molecule has 0 aromatic heterocycles. The van der Waals surface area contributed by atoms with E-state index >= 15 is 0 Å². The van der Waals surface area contributed by atoms with Crippen molar-refractivity contribution in [1.29, 1.82) is 0 Å². The van der Waals surface area contributed by atoms with Crippen LogP contribution in [0, 0.1) is 0 Å². The van der Waals surface area contributed by atoms with Crippen LogP contribution in [0.5, 0.6) is 0 Å². The summed E-state index contributed by atoms with van der Waals surface area (Å²) in [5.41, 5.74) is 0. The van der Waals surface area contributed by atoms with Crippen LogP contribution in [0.25, 0.3) is 0 Å². The van der Waals surface area contributed by atoms with Crippen molar-refractivity contribution in [3.63, 3.8) is 0 Å². The summed E-state index contributed by atoms with van der Waals surface area (Å²) < 4.78 is 4.30. The Kier molecular flexibility index (Phi) is 5.72. The van der Waals surface area contributed by atoms with Gasteiger partial charge in [-0.1, -0.05) is 0 Å². The van der Waals surface area contributed by atoms with Crippen LogP contribution in [-0.4, -0.2) is 67.7 Å². The van der Waals surface area contributed by atoms with Crippen molar-refractivity contribution in [2.75, 3.05) is 0 Å². The normalized spacial score (nSPS) is 15.4. The van der Waals surface area contributed by atoms with E-state index < -0.39 is 48.6 Å². The average molecular weight is 266 g/mol. The molecule has 0 aromatic carbocycles. The molecule has 0 radical (unpaired) electrons. The van der Waals surface area contributed by atoms with Crippen molar-refractivity contribution < 1.29 is 49.4 Å². The van der Waals surface area contributed by atoms with Gasteiger partial charge in [-0.3, -0.25) is 4.79 Å². The van der Waals surface area contributed by atoms with E-state index in [4.69, 9.17) is 25.5 Å². The highest BCUT2D eigenvalue weighted by Gasteiger charge is 2.37. The van der Waals surface area contributed by atoms with Gasteiger partial charge in [-0.2, -0.15) is 0 Å². The van der Waals surface area contributed by atoms with Crippen molar-refractivity contribution in [1.82, 2.24) is 0 Å². The number of hydrogen-bond acceptors (Lipinski definition) is 6. The average Bonchev–Trinajstić information content (AvgIpc) is 2.21. The van der Waals surface area contributed by atoms with Crippen LogP contribution in [0.1, 0.15) is 6.42 Å². The molecule has 3 unspecified atom stereocenters. The fraction of sp³-hybridized carbons (Fsp3) is 0.500. The Bertz CT molecular complexity index is 361. The minimum Gasteiger partial charge on any atom is -0.481 e. The summed E-state index contributed by atoms with van der Waals surface area (Å²) >= 11 is 0. The standard InChI is InChI=1S/C8H10O10/c9-3(10)1-2(6(12)13)18-5(8(16)17)4(11)7(14)15/h2,4-5,11H,1H2,(H,9,10)(H,12,13)(H,14,15)(H,16,17). The molecule has 10 nitrogen and oxygen atoms in total. The van der Waals surface area contributed by atoms with Gasteiger partial charge in [-0.05, 0) is 0 Å². The van der Waals surface area contributed by atoms with Crippen molar-refractivity contribution >= 4 is 23.9 Å². The molecule has 0 saturated carbocycles. The van der Waals surface area contributed by atoms with E-state index in [-0.39, 0.29) is 0 Å². The number of aliphatic hydroxyl groups excluding tert-OH is 1. The predicted molar refractivity (Wildman–Crippen MR) is 49.8 cm³/mol. The third kappa shape index (κ3) is 4.76. The Hall–Kier alpha value is -2.20. The molecule has 0 aliphatic heterocycles. The largest absolute Gasteiger partial charge is 0.481 e. The zero-order valence-electron chi connectivity index (χ0n) is 8.72. The van der Waals surface area contributed by atoms with Gasteiger partial charge in [0, 0.05) is 0 Å². The quantitative estimate of drug-likeness (QED) is 0.324. The molecular weight excluding hydrogens is 256 g/mol. The van der Waals surface area contributed by atoms with Crippen molar-refractivity contribution in [3.8, 4) is 0 Å². The first-order valence-corrected chi connectivity index (χ1v) is 4.40. The lowest BCUT2D eigenvalue weighted by atomic mass is 10.2. The summed E-state index contributed by atoms with van der Waals surface area (Å²) in [7, 11) is 0. The predicted octanol–water partition coefficient (Wildman–Crippen LogP) is -2.17. The number of carboxylic acids is 4. The van der Waals surface area contributed by atoms with Crippen LogP contribution in [0.3, 0.4) is 0 Å². The molecule has 0 spiro atoms. The molecule has 3 atom stereocenters. The summed E-state index contributed by atoms with van der Waals surface area (Å²) in [6.45, 7) is 0. The van der Waals surface area contributed by atoms with E-state index in [0.717, 1.165) is 0 Å². The number of aliphatic carboxylic acids is 4. The van der Waals surface area contributed by atoms with Gasteiger partial charge >= 0.3 is 23.9 Å². The van der Waals surface area contributed by atoms with Gasteiger partial charge in [-0.15, -0.1) is 0 Å². The maximum Gasteiger partial charge on any atom is 0.336 e. The molecule has 0 bridgehead atoms. The SMILES string of the molecule is O=C(O)CC(OC(C(=O)O)C(O)C(=O)O)C(=O)O. The molecule has 102 valence electrons. The van der Waals surface area contributed by atoms with Crippen LogP contribution in [-0.2, 0) is 23.9 Å². The second kappa shape index (κ2) is 6.51. The molecular formula is C8H10O10. The number of aliphatic hydroxyl groups is 1. The third-order valence-electron chi connectivity index (χ3n) is 1.73.